The number of carbonyl (C=O) groups excluding carboxylic acids is 4. The van der Waals surface area contributed by atoms with Gasteiger partial charge in [-0.1, -0.05) is 0 Å². The average molecular weight is 328 g/mol. The van der Waals surface area contributed by atoms with Crippen molar-refractivity contribution in [2.75, 3.05) is 0 Å². The molecule has 0 aromatic carbocycles. The molecule has 0 aromatic rings. The summed E-state index contributed by atoms with van der Waals surface area (Å²) in [6.07, 6.45) is 1.93. The van der Waals surface area contributed by atoms with Crippen molar-refractivity contribution in [3.05, 3.63) is 0 Å². The highest BCUT2D eigenvalue weighted by molar-refractivity contribution is 5.88. The average Bonchev–Trinajstić information content (AvgIpc) is 2.42. The van der Waals surface area contributed by atoms with E-state index in [1.165, 1.54) is 0 Å². The molecule has 0 unspecified atom stereocenters. The molecule has 9 nitrogen and oxygen atoms in total. The zero-order valence-corrected chi connectivity index (χ0v) is 13.6. The third-order valence-electron chi connectivity index (χ3n) is 3.39. The third-order valence-corrected chi connectivity index (χ3v) is 3.39. The van der Waals surface area contributed by atoms with Crippen molar-refractivity contribution >= 4 is 24.4 Å². The summed E-state index contributed by atoms with van der Waals surface area (Å²) in [4.78, 5) is 45.1. The molecule has 0 aromatic heterocycles. The molecule has 0 heterocycles. The van der Waals surface area contributed by atoms with Gasteiger partial charge < -0.3 is 15.8 Å². The van der Waals surface area contributed by atoms with E-state index < -0.39 is 23.6 Å². The van der Waals surface area contributed by atoms with Gasteiger partial charge in [-0.2, -0.15) is 5.01 Å². The molecule has 0 spiro atoms. The number of hydrogen-bond donors (Lipinski definition) is 3. The van der Waals surface area contributed by atoms with Gasteiger partial charge in [0.2, 0.25) is 12.3 Å². The molecule has 5 amide bonds. The predicted molar refractivity (Wildman–Crippen MR) is 80.7 cm³/mol. The van der Waals surface area contributed by atoms with Crippen LogP contribution in [0.2, 0.25) is 0 Å². The highest BCUT2D eigenvalue weighted by Crippen LogP contribution is 2.24. The van der Waals surface area contributed by atoms with Gasteiger partial charge in [0.1, 0.15) is 5.60 Å². The van der Waals surface area contributed by atoms with Crippen LogP contribution in [0.4, 0.5) is 9.59 Å². The number of ether oxygens (including phenoxy) is 1. The number of hydrazine groups is 1. The smallest absolute Gasteiger partial charge is 0.407 e. The Balaban J connectivity index is 2.40. The summed E-state index contributed by atoms with van der Waals surface area (Å²) in [6, 6.07) is -1.11. The molecule has 4 N–H and O–H groups in total. The zero-order valence-electron chi connectivity index (χ0n) is 13.6. The van der Waals surface area contributed by atoms with Gasteiger partial charge in [-0.25, -0.2) is 9.59 Å². The number of hydrogen-bond acceptors (Lipinski definition) is 5. The number of imide groups is 1. The molecule has 0 radical (unpaired) electrons. The SMILES string of the molecule is CC(C)(C)OC(=O)NC1CCC(C(=O)NN(C=O)C(N)=O)CC1. The lowest BCUT2D eigenvalue weighted by Crippen LogP contribution is -2.50. The summed E-state index contributed by atoms with van der Waals surface area (Å²) < 4.78 is 5.18. The van der Waals surface area contributed by atoms with E-state index in [1.54, 1.807) is 20.8 Å². The van der Waals surface area contributed by atoms with E-state index in [-0.39, 0.29) is 18.4 Å². The summed E-state index contributed by atoms with van der Waals surface area (Å²) in [5.41, 5.74) is 6.53. The molecular formula is C14H24N4O5. The summed E-state index contributed by atoms with van der Waals surface area (Å²) in [6.45, 7) is 5.35. The van der Waals surface area contributed by atoms with Crippen LogP contribution in [0, 0.1) is 5.92 Å². The number of rotatable bonds is 3. The van der Waals surface area contributed by atoms with Gasteiger partial charge >= 0.3 is 12.1 Å². The second-order valence-electron chi connectivity index (χ2n) is 6.48. The topological polar surface area (TPSA) is 131 Å². The van der Waals surface area contributed by atoms with Crippen molar-refractivity contribution < 1.29 is 23.9 Å². The minimum atomic E-state index is -1.05. The first-order chi connectivity index (χ1) is 10.6. The van der Waals surface area contributed by atoms with Crippen LogP contribution in [0.15, 0.2) is 0 Å². The van der Waals surface area contributed by atoms with E-state index in [4.69, 9.17) is 10.5 Å². The summed E-state index contributed by atoms with van der Waals surface area (Å²) in [5.74, 6) is -0.778. The fraction of sp³-hybridized carbons (Fsp3) is 0.714. The first-order valence-electron chi connectivity index (χ1n) is 7.46. The van der Waals surface area contributed by atoms with Crippen LogP contribution >= 0.6 is 0 Å². The summed E-state index contributed by atoms with van der Waals surface area (Å²) >= 11 is 0. The number of carbonyl (C=O) groups is 4. The van der Waals surface area contributed by atoms with Crippen LogP contribution in [0.25, 0.3) is 0 Å². The lowest BCUT2D eigenvalue weighted by molar-refractivity contribution is -0.134. The Morgan fingerprint density at radius 1 is 1.17 bits per heavy atom. The largest absolute Gasteiger partial charge is 0.444 e. The molecular weight excluding hydrogens is 304 g/mol. The molecule has 0 aliphatic heterocycles. The second kappa shape index (κ2) is 7.80. The van der Waals surface area contributed by atoms with Crippen LogP contribution in [-0.4, -0.2) is 41.1 Å². The molecule has 1 aliphatic rings. The van der Waals surface area contributed by atoms with E-state index >= 15 is 0 Å². The lowest BCUT2D eigenvalue weighted by atomic mass is 9.85. The van der Waals surface area contributed by atoms with Gasteiger partial charge in [-0.15, -0.1) is 0 Å². The predicted octanol–water partition coefficient (Wildman–Crippen LogP) is 0.638. The molecule has 1 aliphatic carbocycles. The first-order valence-corrected chi connectivity index (χ1v) is 7.46. The van der Waals surface area contributed by atoms with Gasteiger partial charge in [0.05, 0.1) is 0 Å². The normalized spacial score (nSPS) is 21.0. The van der Waals surface area contributed by atoms with Gasteiger partial charge in [0.25, 0.3) is 0 Å². The second-order valence-corrected chi connectivity index (χ2v) is 6.48. The zero-order chi connectivity index (χ0) is 17.6. The maximum Gasteiger partial charge on any atom is 0.407 e. The van der Waals surface area contributed by atoms with Crippen molar-refractivity contribution in [1.29, 1.82) is 0 Å². The number of amides is 5. The summed E-state index contributed by atoms with van der Waals surface area (Å²) in [7, 11) is 0. The van der Waals surface area contributed by atoms with Crippen molar-refractivity contribution in [2.24, 2.45) is 11.7 Å². The van der Waals surface area contributed by atoms with Crippen LogP contribution in [0.5, 0.6) is 0 Å². The number of primary amides is 1. The number of alkyl carbamates (subject to hydrolysis) is 1. The number of nitrogens with one attached hydrogen (secondary N) is 2. The van der Waals surface area contributed by atoms with Gasteiger partial charge in [0, 0.05) is 12.0 Å². The fourth-order valence-electron chi connectivity index (χ4n) is 2.32. The van der Waals surface area contributed by atoms with E-state index in [0.717, 1.165) is 0 Å². The number of nitrogens with zero attached hydrogens (tertiary/aromatic N) is 1. The third kappa shape index (κ3) is 6.54. The quantitative estimate of drug-likeness (QED) is 0.517. The molecule has 0 saturated heterocycles. The number of nitrogens with two attached hydrogens (primary N) is 1. The van der Waals surface area contributed by atoms with Crippen molar-refractivity contribution in [1.82, 2.24) is 15.8 Å². The Hall–Kier alpha value is -2.32. The van der Waals surface area contributed by atoms with E-state index in [2.05, 4.69) is 10.7 Å². The van der Waals surface area contributed by atoms with Gasteiger partial charge in [-0.05, 0) is 46.5 Å². The minimum Gasteiger partial charge on any atom is -0.444 e. The first kappa shape index (κ1) is 18.7. The molecule has 130 valence electrons. The van der Waals surface area contributed by atoms with Crippen LogP contribution in [0.3, 0.4) is 0 Å². The molecule has 0 bridgehead atoms. The maximum atomic E-state index is 12.0. The van der Waals surface area contributed by atoms with E-state index in [9.17, 15) is 19.2 Å². The van der Waals surface area contributed by atoms with E-state index in [0.29, 0.717) is 30.7 Å². The summed E-state index contributed by atoms with van der Waals surface area (Å²) in [5, 5.41) is 3.18. The van der Waals surface area contributed by atoms with E-state index in [1.807, 2.05) is 0 Å². The van der Waals surface area contributed by atoms with Gasteiger partial charge in [-0.3, -0.25) is 15.0 Å². The molecule has 0 atom stereocenters. The Labute approximate surface area is 134 Å². The van der Waals surface area contributed by atoms with Crippen molar-refractivity contribution in [3.63, 3.8) is 0 Å². The van der Waals surface area contributed by atoms with Crippen molar-refractivity contribution in [3.8, 4) is 0 Å². The van der Waals surface area contributed by atoms with Gasteiger partial charge in [0.15, 0.2) is 0 Å². The molecule has 1 fully saturated rings. The Kier molecular flexibility index (Phi) is 6.35. The lowest BCUT2D eigenvalue weighted by Gasteiger charge is -2.30. The highest BCUT2D eigenvalue weighted by atomic mass is 16.6. The molecule has 23 heavy (non-hydrogen) atoms. The minimum absolute atomic E-state index is 0.0628. The Bertz CT molecular complexity index is 466. The Morgan fingerprint density at radius 3 is 2.17 bits per heavy atom. The van der Waals surface area contributed by atoms with Crippen LogP contribution < -0.4 is 16.5 Å². The standard InChI is InChI=1S/C14H24N4O5/c1-14(2,3)23-13(22)16-10-6-4-9(5-7-10)11(20)17-18(8-19)12(15)21/h8-10H,4-7H2,1-3H3,(H2,15,21)(H,16,22)(H,17,20). The fourth-order valence-corrected chi connectivity index (χ4v) is 2.32. The van der Waals surface area contributed by atoms with Crippen LogP contribution in [-0.2, 0) is 14.3 Å². The highest BCUT2D eigenvalue weighted by Gasteiger charge is 2.29. The number of urea groups is 1. The molecule has 1 saturated carbocycles. The molecule has 9 heteroatoms. The van der Waals surface area contributed by atoms with Crippen LogP contribution in [0.1, 0.15) is 46.5 Å². The maximum absolute atomic E-state index is 12.0. The molecule has 1 rings (SSSR count). The van der Waals surface area contributed by atoms with Crippen molar-refractivity contribution in [2.45, 2.75) is 58.1 Å². The monoisotopic (exact) mass is 328 g/mol. The Morgan fingerprint density at radius 2 is 1.74 bits per heavy atom.